The molecular formula is C11H17BrN2. The summed E-state index contributed by atoms with van der Waals surface area (Å²) in [7, 11) is 0. The van der Waals surface area contributed by atoms with Crippen LogP contribution in [-0.4, -0.2) is 11.0 Å². The van der Waals surface area contributed by atoms with Gasteiger partial charge in [0.15, 0.2) is 0 Å². The number of halogens is 1. The molecule has 0 saturated carbocycles. The summed E-state index contributed by atoms with van der Waals surface area (Å²) in [5, 5.41) is 3.47. The van der Waals surface area contributed by atoms with Crippen LogP contribution in [0.15, 0.2) is 22.9 Å². The van der Waals surface area contributed by atoms with Gasteiger partial charge >= 0.3 is 0 Å². The maximum absolute atomic E-state index is 4.03. The highest BCUT2D eigenvalue weighted by atomic mass is 79.9. The minimum Gasteiger partial charge on any atom is -0.381 e. The second-order valence-electron chi connectivity index (χ2n) is 3.67. The number of aromatic nitrogens is 1. The predicted octanol–water partition coefficient (Wildman–Crippen LogP) is 3.69. The highest BCUT2D eigenvalue weighted by Crippen LogP contribution is 2.22. The van der Waals surface area contributed by atoms with Crippen LogP contribution in [0.4, 0.5) is 5.69 Å². The summed E-state index contributed by atoms with van der Waals surface area (Å²) >= 11 is 3.47. The highest BCUT2D eigenvalue weighted by Gasteiger charge is 2.10. The van der Waals surface area contributed by atoms with Crippen molar-refractivity contribution in [1.29, 1.82) is 0 Å². The van der Waals surface area contributed by atoms with E-state index in [1.807, 2.05) is 12.3 Å². The van der Waals surface area contributed by atoms with E-state index in [0.29, 0.717) is 12.0 Å². The SMILES string of the molecule is CCC(C)C(C)Nc1ccncc1Br. The second kappa shape index (κ2) is 5.35. The van der Waals surface area contributed by atoms with E-state index in [2.05, 4.69) is 47.0 Å². The molecule has 1 N–H and O–H groups in total. The molecule has 1 rings (SSSR count). The Morgan fingerprint density at radius 1 is 1.50 bits per heavy atom. The van der Waals surface area contributed by atoms with E-state index >= 15 is 0 Å². The van der Waals surface area contributed by atoms with E-state index in [1.54, 1.807) is 6.20 Å². The molecular weight excluding hydrogens is 240 g/mol. The van der Waals surface area contributed by atoms with Gasteiger partial charge in [-0.25, -0.2) is 0 Å². The Kier molecular flexibility index (Phi) is 4.39. The van der Waals surface area contributed by atoms with Crippen LogP contribution in [0.3, 0.4) is 0 Å². The lowest BCUT2D eigenvalue weighted by atomic mass is 10.0. The molecule has 0 aliphatic rings. The lowest BCUT2D eigenvalue weighted by molar-refractivity contribution is 0.494. The lowest BCUT2D eigenvalue weighted by Gasteiger charge is -2.21. The molecule has 1 aromatic rings. The molecule has 0 aliphatic carbocycles. The van der Waals surface area contributed by atoms with Crippen molar-refractivity contribution in [2.24, 2.45) is 5.92 Å². The molecule has 78 valence electrons. The van der Waals surface area contributed by atoms with Crippen molar-refractivity contribution < 1.29 is 0 Å². The van der Waals surface area contributed by atoms with Crippen molar-refractivity contribution in [3.05, 3.63) is 22.9 Å². The van der Waals surface area contributed by atoms with Crippen LogP contribution in [0.1, 0.15) is 27.2 Å². The van der Waals surface area contributed by atoms with Crippen molar-refractivity contribution >= 4 is 21.6 Å². The largest absolute Gasteiger partial charge is 0.381 e. The van der Waals surface area contributed by atoms with Gasteiger partial charge in [0.05, 0.1) is 10.2 Å². The number of anilines is 1. The Morgan fingerprint density at radius 3 is 2.79 bits per heavy atom. The minimum absolute atomic E-state index is 0.485. The quantitative estimate of drug-likeness (QED) is 0.889. The zero-order chi connectivity index (χ0) is 10.6. The third-order valence-corrected chi connectivity index (χ3v) is 3.29. The van der Waals surface area contributed by atoms with Gasteiger partial charge in [-0.15, -0.1) is 0 Å². The van der Waals surface area contributed by atoms with E-state index in [-0.39, 0.29) is 0 Å². The highest BCUT2D eigenvalue weighted by molar-refractivity contribution is 9.10. The summed E-state index contributed by atoms with van der Waals surface area (Å²) in [5.41, 5.74) is 1.12. The van der Waals surface area contributed by atoms with Crippen LogP contribution >= 0.6 is 15.9 Å². The van der Waals surface area contributed by atoms with Crippen LogP contribution in [0.2, 0.25) is 0 Å². The summed E-state index contributed by atoms with van der Waals surface area (Å²) in [4.78, 5) is 4.03. The van der Waals surface area contributed by atoms with Crippen LogP contribution in [0, 0.1) is 5.92 Å². The molecule has 14 heavy (non-hydrogen) atoms. The van der Waals surface area contributed by atoms with Crippen LogP contribution in [-0.2, 0) is 0 Å². The van der Waals surface area contributed by atoms with Gasteiger partial charge in [0.25, 0.3) is 0 Å². The standard InChI is InChI=1S/C11H17BrN2/c1-4-8(2)9(3)14-11-5-6-13-7-10(11)12/h5-9H,4H2,1-3H3,(H,13,14). The first kappa shape index (κ1) is 11.5. The van der Waals surface area contributed by atoms with Crippen molar-refractivity contribution in [3.8, 4) is 0 Å². The van der Waals surface area contributed by atoms with Crippen LogP contribution < -0.4 is 5.32 Å². The van der Waals surface area contributed by atoms with Gasteiger partial charge in [-0.3, -0.25) is 4.98 Å². The van der Waals surface area contributed by atoms with E-state index in [9.17, 15) is 0 Å². The molecule has 0 spiro atoms. The first-order valence-corrected chi connectivity index (χ1v) is 5.80. The average molecular weight is 257 g/mol. The smallest absolute Gasteiger partial charge is 0.0590 e. The average Bonchev–Trinajstić information content (AvgIpc) is 2.20. The van der Waals surface area contributed by atoms with Crippen molar-refractivity contribution in [1.82, 2.24) is 4.98 Å². The summed E-state index contributed by atoms with van der Waals surface area (Å²) in [5.74, 6) is 0.676. The molecule has 0 radical (unpaired) electrons. The molecule has 0 aromatic carbocycles. The fraction of sp³-hybridized carbons (Fsp3) is 0.545. The van der Waals surface area contributed by atoms with Gasteiger partial charge in [0.1, 0.15) is 0 Å². The first-order valence-electron chi connectivity index (χ1n) is 5.01. The Labute approximate surface area is 94.3 Å². The van der Waals surface area contributed by atoms with Gasteiger partial charge in [-0.2, -0.15) is 0 Å². The van der Waals surface area contributed by atoms with E-state index in [1.165, 1.54) is 6.42 Å². The Morgan fingerprint density at radius 2 is 2.21 bits per heavy atom. The summed E-state index contributed by atoms with van der Waals surface area (Å²) in [6.45, 7) is 6.68. The number of hydrogen-bond acceptors (Lipinski definition) is 2. The summed E-state index contributed by atoms with van der Waals surface area (Å²) in [6.07, 6.45) is 4.80. The molecule has 0 fully saturated rings. The number of nitrogens with one attached hydrogen (secondary N) is 1. The zero-order valence-corrected chi connectivity index (χ0v) is 10.5. The topological polar surface area (TPSA) is 24.9 Å². The van der Waals surface area contributed by atoms with Crippen molar-refractivity contribution in [2.45, 2.75) is 33.2 Å². The van der Waals surface area contributed by atoms with Crippen molar-refractivity contribution in [2.75, 3.05) is 5.32 Å². The molecule has 2 atom stereocenters. The van der Waals surface area contributed by atoms with Gasteiger partial charge < -0.3 is 5.32 Å². The number of hydrogen-bond donors (Lipinski definition) is 1. The molecule has 3 heteroatoms. The predicted molar refractivity (Wildman–Crippen MR) is 64.5 cm³/mol. The third kappa shape index (κ3) is 2.98. The lowest BCUT2D eigenvalue weighted by Crippen LogP contribution is -2.23. The first-order chi connectivity index (χ1) is 6.65. The van der Waals surface area contributed by atoms with E-state index < -0.39 is 0 Å². The van der Waals surface area contributed by atoms with E-state index in [0.717, 1.165) is 10.2 Å². The van der Waals surface area contributed by atoms with Crippen LogP contribution in [0.5, 0.6) is 0 Å². The fourth-order valence-corrected chi connectivity index (χ4v) is 1.60. The van der Waals surface area contributed by atoms with Gasteiger partial charge in [-0.1, -0.05) is 20.3 Å². The monoisotopic (exact) mass is 256 g/mol. The Balaban J connectivity index is 2.64. The molecule has 1 heterocycles. The number of rotatable bonds is 4. The number of nitrogens with zero attached hydrogens (tertiary/aromatic N) is 1. The van der Waals surface area contributed by atoms with E-state index in [4.69, 9.17) is 0 Å². The summed E-state index contributed by atoms with van der Waals surface area (Å²) < 4.78 is 1.02. The molecule has 2 unspecified atom stereocenters. The molecule has 0 aliphatic heterocycles. The number of pyridine rings is 1. The van der Waals surface area contributed by atoms with Crippen molar-refractivity contribution in [3.63, 3.8) is 0 Å². The molecule has 1 aromatic heterocycles. The molecule has 0 saturated heterocycles. The summed E-state index contributed by atoms with van der Waals surface area (Å²) in [6, 6.07) is 2.47. The molecule has 0 bridgehead atoms. The third-order valence-electron chi connectivity index (χ3n) is 2.65. The fourth-order valence-electron chi connectivity index (χ4n) is 1.23. The van der Waals surface area contributed by atoms with Gasteiger partial charge in [-0.05, 0) is 34.8 Å². The molecule has 0 amide bonds. The second-order valence-corrected chi connectivity index (χ2v) is 4.53. The maximum atomic E-state index is 4.03. The Hall–Kier alpha value is -0.570. The normalized spacial score (nSPS) is 14.9. The Bertz CT molecular complexity index is 288. The maximum Gasteiger partial charge on any atom is 0.0590 e. The van der Waals surface area contributed by atoms with Crippen LogP contribution in [0.25, 0.3) is 0 Å². The minimum atomic E-state index is 0.485. The van der Waals surface area contributed by atoms with Gasteiger partial charge in [0.2, 0.25) is 0 Å². The van der Waals surface area contributed by atoms with Gasteiger partial charge in [0, 0.05) is 18.4 Å². The zero-order valence-electron chi connectivity index (χ0n) is 8.92. The molecule has 2 nitrogen and oxygen atoms in total.